The summed E-state index contributed by atoms with van der Waals surface area (Å²) < 4.78 is 20.4. The number of pyridine rings is 1. The van der Waals surface area contributed by atoms with Crippen LogP contribution in [0.5, 0.6) is 11.5 Å². The lowest BCUT2D eigenvalue weighted by Crippen LogP contribution is -2.32. The molecule has 5 aromatic rings. The normalized spacial score (nSPS) is 19.3. The highest BCUT2D eigenvalue weighted by Crippen LogP contribution is 2.48. The Balaban J connectivity index is 1.17. The molecule has 3 aromatic carbocycles. The second-order valence-electron chi connectivity index (χ2n) is 10.4. The van der Waals surface area contributed by atoms with Gasteiger partial charge in [0.1, 0.15) is 11.5 Å². The smallest absolute Gasteiger partial charge is 0.335 e. The first-order valence-electron chi connectivity index (χ1n) is 13.4. The summed E-state index contributed by atoms with van der Waals surface area (Å²) in [6.45, 7) is 3.24. The number of nitrogens with zero attached hydrogens (tertiary/aromatic N) is 3. The van der Waals surface area contributed by atoms with Crippen LogP contribution in [0.2, 0.25) is 5.02 Å². The second kappa shape index (κ2) is 9.90. The van der Waals surface area contributed by atoms with E-state index in [2.05, 4.69) is 33.8 Å². The van der Waals surface area contributed by atoms with Crippen LogP contribution in [-0.4, -0.2) is 38.3 Å². The summed E-state index contributed by atoms with van der Waals surface area (Å²) in [6.07, 6.45) is 3.26. The van der Waals surface area contributed by atoms with Gasteiger partial charge in [-0.25, -0.2) is 9.78 Å². The highest BCUT2D eigenvalue weighted by Gasteiger charge is 2.41. The molecule has 4 heterocycles. The number of para-hydroxylation sites is 1. The van der Waals surface area contributed by atoms with Gasteiger partial charge in [0.2, 0.25) is 0 Å². The summed E-state index contributed by atoms with van der Waals surface area (Å²) in [7, 11) is 0. The van der Waals surface area contributed by atoms with Gasteiger partial charge in [0, 0.05) is 31.7 Å². The molecule has 8 nitrogen and oxygen atoms in total. The zero-order chi connectivity index (χ0) is 28.1. The number of carbonyl (C=O) groups is 1. The van der Waals surface area contributed by atoms with Gasteiger partial charge in [-0.05, 0) is 53.9 Å². The standard InChI is InChI=1S/C32H26ClN3O5/c1-32(28-12-10-22(33)17-34-28)40-27-4-2-3-24(30(27)41-32)20-7-5-19(6-8-20)15-29-35-25-11-9-21(31(37)38)16-26(25)36(29)18-23-13-14-39-23/h2-12,16-17,23H,13-15,18H2,1H3,(H,37,38)/t23-,32+/m0/s1. The first-order chi connectivity index (χ1) is 19.9. The number of hydrogen-bond donors (Lipinski definition) is 1. The Hall–Kier alpha value is -4.40. The molecule has 0 spiro atoms. The maximum Gasteiger partial charge on any atom is 0.335 e. The quantitative estimate of drug-likeness (QED) is 0.241. The molecule has 2 atom stereocenters. The Labute approximate surface area is 241 Å². The third-order valence-electron chi connectivity index (χ3n) is 7.65. The molecule has 0 amide bonds. The molecular formula is C32H26ClN3O5. The summed E-state index contributed by atoms with van der Waals surface area (Å²) >= 11 is 6.02. The van der Waals surface area contributed by atoms with Crippen LogP contribution in [0.4, 0.5) is 0 Å². The van der Waals surface area contributed by atoms with Crippen molar-refractivity contribution in [2.75, 3.05) is 6.61 Å². The number of ether oxygens (including phenoxy) is 3. The number of fused-ring (bicyclic) bond motifs is 2. The predicted octanol–water partition coefficient (Wildman–Crippen LogP) is 6.47. The summed E-state index contributed by atoms with van der Waals surface area (Å²) in [5, 5.41) is 10.1. The molecule has 2 aliphatic rings. The molecule has 7 rings (SSSR count). The highest BCUT2D eigenvalue weighted by atomic mass is 35.5. The number of rotatable bonds is 7. The van der Waals surface area contributed by atoms with Gasteiger partial charge in [0.25, 0.3) is 5.79 Å². The molecule has 0 saturated carbocycles. The van der Waals surface area contributed by atoms with Gasteiger partial charge in [-0.15, -0.1) is 0 Å². The topological polar surface area (TPSA) is 95.7 Å². The Kier molecular flexibility index (Phi) is 6.17. The largest absolute Gasteiger partial charge is 0.478 e. The van der Waals surface area contributed by atoms with E-state index in [1.54, 1.807) is 36.5 Å². The zero-order valence-electron chi connectivity index (χ0n) is 22.2. The van der Waals surface area contributed by atoms with Crippen LogP contribution >= 0.6 is 11.6 Å². The van der Waals surface area contributed by atoms with Gasteiger partial charge in [-0.3, -0.25) is 4.98 Å². The van der Waals surface area contributed by atoms with Gasteiger partial charge in [-0.2, -0.15) is 0 Å². The third kappa shape index (κ3) is 4.69. The molecule has 9 heteroatoms. The number of halogens is 1. The van der Waals surface area contributed by atoms with Gasteiger partial charge >= 0.3 is 5.97 Å². The van der Waals surface area contributed by atoms with E-state index in [0.29, 0.717) is 35.2 Å². The average Bonchev–Trinajstić information content (AvgIpc) is 3.47. The van der Waals surface area contributed by atoms with Crippen molar-refractivity contribution in [1.82, 2.24) is 14.5 Å². The number of carboxylic acids is 1. The Morgan fingerprint density at radius 2 is 1.93 bits per heavy atom. The van der Waals surface area contributed by atoms with Crippen LogP contribution in [0.3, 0.4) is 0 Å². The van der Waals surface area contributed by atoms with Crippen molar-refractivity contribution < 1.29 is 24.1 Å². The number of aromatic carboxylic acids is 1. The molecule has 1 fully saturated rings. The lowest BCUT2D eigenvalue weighted by Gasteiger charge is -2.27. The number of hydrogen-bond acceptors (Lipinski definition) is 6. The fourth-order valence-corrected chi connectivity index (χ4v) is 5.48. The van der Waals surface area contributed by atoms with Gasteiger partial charge in [0.05, 0.1) is 34.3 Å². The second-order valence-corrected chi connectivity index (χ2v) is 10.9. The number of imidazole rings is 1. The lowest BCUT2D eigenvalue weighted by atomic mass is 10.0. The molecule has 2 aromatic heterocycles. The van der Waals surface area contributed by atoms with E-state index < -0.39 is 11.8 Å². The van der Waals surface area contributed by atoms with Crippen molar-refractivity contribution in [2.45, 2.75) is 38.2 Å². The average molecular weight is 568 g/mol. The van der Waals surface area contributed by atoms with Crippen LogP contribution in [-0.2, 0) is 23.5 Å². The van der Waals surface area contributed by atoms with E-state index >= 15 is 0 Å². The highest BCUT2D eigenvalue weighted by molar-refractivity contribution is 6.30. The first-order valence-corrected chi connectivity index (χ1v) is 13.8. The van der Waals surface area contributed by atoms with Crippen LogP contribution < -0.4 is 9.47 Å². The van der Waals surface area contributed by atoms with E-state index in [-0.39, 0.29) is 11.7 Å². The molecular weight excluding hydrogens is 542 g/mol. The Morgan fingerprint density at radius 3 is 2.63 bits per heavy atom. The number of aromatic nitrogens is 3. The fourth-order valence-electron chi connectivity index (χ4n) is 5.36. The molecule has 0 aliphatic carbocycles. The maximum atomic E-state index is 11.6. The van der Waals surface area contributed by atoms with E-state index in [9.17, 15) is 9.90 Å². The van der Waals surface area contributed by atoms with Gasteiger partial charge < -0.3 is 23.9 Å². The van der Waals surface area contributed by atoms with Crippen molar-refractivity contribution in [3.8, 4) is 22.6 Å². The maximum absolute atomic E-state index is 11.6. The third-order valence-corrected chi connectivity index (χ3v) is 7.88. The molecule has 2 aliphatic heterocycles. The van der Waals surface area contributed by atoms with E-state index in [1.807, 2.05) is 25.1 Å². The zero-order valence-corrected chi connectivity index (χ0v) is 23.0. The molecule has 0 bridgehead atoms. The van der Waals surface area contributed by atoms with E-state index in [4.69, 9.17) is 30.8 Å². The minimum absolute atomic E-state index is 0.109. The summed E-state index contributed by atoms with van der Waals surface area (Å²) in [6, 6.07) is 22.8. The van der Waals surface area contributed by atoms with Gasteiger partial charge in [0.15, 0.2) is 11.5 Å². The first kappa shape index (κ1) is 25.6. The van der Waals surface area contributed by atoms with Crippen LogP contribution in [0.15, 0.2) is 79.0 Å². The minimum atomic E-state index is -1.06. The van der Waals surface area contributed by atoms with Crippen molar-refractivity contribution in [1.29, 1.82) is 0 Å². The molecule has 1 saturated heterocycles. The lowest BCUT2D eigenvalue weighted by molar-refractivity contribution is -0.0715. The van der Waals surface area contributed by atoms with E-state index in [0.717, 1.165) is 46.6 Å². The Morgan fingerprint density at radius 1 is 1.10 bits per heavy atom. The SMILES string of the molecule is C[C@@]1(c2ccc(Cl)cn2)Oc2cccc(-c3ccc(Cc4nc5ccc(C(=O)O)cc5n4C[C@@H]4CCO4)cc3)c2O1. The monoisotopic (exact) mass is 567 g/mol. The molecule has 0 unspecified atom stereocenters. The molecule has 0 radical (unpaired) electrons. The summed E-state index contributed by atoms with van der Waals surface area (Å²) in [4.78, 5) is 20.9. The van der Waals surface area contributed by atoms with Crippen molar-refractivity contribution in [3.05, 3.63) is 107 Å². The fraction of sp³-hybridized carbons (Fsp3) is 0.219. The van der Waals surface area contributed by atoms with Crippen LogP contribution in [0, 0.1) is 0 Å². The number of benzene rings is 3. The molecule has 206 valence electrons. The molecule has 1 N–H and O–H groups in total. The minimum Gasteiger partial charge on any atom is -0.478 e. The summed E-state index contributed by atoms with van der Waals surface area (Å²) in [5.74, 6) is 0.166. The van der Waals surface area contributed by atoms with Gasteiger partial charge in [-0.1, -0.05) is 48.0 Å². The van der Waals surface area contributed by atoms with E-state index in [1.165, 1.54) is 0 Å². The van der Waals surface area contributed by atoms with Crippen molar-refractivity contribution in [3.63, 3.8) is 0 Å². The predicted molar refractivity (Wildman–Crippen MR) is 154 cm³/mol. The molecule has 41 heavy (non-hydrogen) atoms. The summed E-state index contributed by atoms with van der Waals surface area (Å²) in [5.41, 5.74) is 5.45. The Bertz CT molecular complexity index is 1780. The van der Waals surface area contributed by atoms with Crippen LogP contribution in [0.1, 0.15) is 40.8 Å². The van der Waals surface area contributed by atoms with Crippen molar-refractivity contribution >= 4 is 28.6 Å². The van der Waals surface area contributed by atoms with Crippen molar-refractivity contribution in [2.24, 2.45) is 0 Å². The van der Waals surface area contributed by atoms with Crippen LogP contribution in [0.25, 0.3) is 22.2 Å². The number of carboxylic acid groups (broad SMARTS) is 1.